The monoisotopic (exact) mass is 540 g/mol. The van der Waals surface area contributed by atoms with Gasteiger partial charge in [0, 0.05) is 38.3 Å². The Balaban J connectivity index is 0.00000342. The molecule has 1 amide bonds. The number of benzene rings is 2. The third-order valence-corrected chi connectivity index (χ3v) is 7.28. The molecule has 0 radical (unpaired) electrons. The van der Waals surface area contributed by atoms with Gasteiger partial charge in [0.05, 0.1) is 40.5 Å². The van der Waals surface area contributed by atoms with Crippen LogP contribution in [-0.2, 0) is 4.74 Å². The van der Waals surface area contributed by atoms with Crippen molar-refractivity contribution in [3.63, 3.8) is 0 Å². The number of nitro groups is 1. The largest absolute Gasteiger partial charge is 0.494 e. The van der Waals surface area contributed by atoms with Gasteiger partial charge in [0.25, 0.3) is 11.6 Å². The van der Waals surface area contributed by atoms with Crippen LogP contribution in [0.3, 0.4) is 0 Å². The summed E-state index contributed by atoms with van der Waals surface area (Å²) in [5, 5.41) is 12.0. The quantitative estimate of drug-likeness (QED) is 0.294. The number of rotatable bonds is 8. The first-order chi connectivity index (χ1) is 16.4. The fourth-order valence-corrected chi connectivity index (χ4v) is 5.15. The standard InChI is InChI=1S/C23H25ClN4O5S.ClH/c1-15-4-7-19(32-2)20-21(15)34-23(25-20)27(9-3-8-26-10-12-33-13-11-26)22(29)17-14-16(28(30)31)5-6-18(17)24;/h4-7,14H,3,8-13H2,1-2H3;1H. The van der Waals surface area contributed by atoms with Gasteiger partial charge < -0.3 is 9.47 Å². The number of morpholine rings is 1. The number of methoxy groups -OCH3 is 1. The van der Waals surface area contributed by atoms with Crippen molar-refractivity contribution in [2.75, 3.05) is 51.4 Å². The van der Waals surface area contributed by atoms with Crippen molar-refractivity contribution in [2.45, 2.75) is 13.3 Å². The summed E-state index contributed by atoms with van der Waals surface area (Å²) in [6, 6.07) is 7.69. The van der Waals surface area contributed by atoms with Crippen LogP contribution in [0.4, 0.5) is 10.8 Å². The summed E-state index contributed by atoms with van der Waals surface area (Å²) in [6.45, 7) is 6.25. The van der Waals surface area contributed by atoms with Gasteiger partial charge in [-0.3, -0.25) is 24.7 Å². The Morgan fingerprint density at radius 3 is 2.74 bits per heavy atom. The maximum absolute atomic E-state index is 13.7. The molecule has 0 saturated carbocycles. The molecule has 1 aliphatic rings. The van der Waals surface area contributed by atoms with Crippen LogP contribution in [0.1, 0.15) is 22.3 Å². The average molecular weight is 541 g/mol. The lowest BCUT2D eigenvalue weighted by molar-refractivity contribution is -0.384. The second-order valence-electron chi connectivity index (χ2n) is 7.94. The topological polar surface area (TPSA) is 98.0 Å². The Morgan fingerprint density at radius 2 is 2.06 bits per heavy atom. The number of amides is 1. The van der Waals surface area contributed by atoms with Crippen molar-refractivity contribution < 1.29 is 19.2 Å². The number of aromatic nitrogens is 1. The summed E-state index contributed by atoms with van der Waals surface area (Å²) in [4.78, 5) is 33.0. The van der Waals surface area contributed by atoms with Crippen LogP contribution >= 0.6 is 35.3 Å². The Labute approximate surface area is 218 Å². The summed E-state index contributed by atoms with van der Waals surface area (Å²) in [5.41, 5.74) is 1.58. The van der Waals surface area contributed by atoms with E-state index in [1.807, 2.05) is 19.1 Å². The van der Waals surface area contributed by atoms with E-state index in [2.05, 4.69) is 4.90 Å². The first-order valence-electron chi connectivity index (χ1n) is 10.9. The minimum absolute atomic E-state index is 0. The number of carbonyl (C=O) groups excluding carboxylic acids is 1. The Morgan fingerprint density at radius 1 is 1.31 bits per heavy atom. The number of carbonyl (C=O) groups is 1. The maximum Gasteiger partial charge on any atom is 0.270 e. The van der Waals surface area contributed by atoms with E-state index in [0.717, 1.165) is 29.9 Å². The highest BCUT2D eigenvalue weighted by molar-refractivity contribution is 7.22. The predicted octanol–water partition coefficient (Wildman–Crippen LogP) is 4.97. The summed E-state index contributed by atoms with van der Waals surface area (Å²) in [5.74, 6) is 0.198. The number of hydrogen-bond acceptors (Lipinski definition) is 8. The molecule has 9 nitrogen and oxygen atoms in total. The van der Waals surface area contributed by atoms with Gasteiger partial charge in [-0.1, -0.05) is 29.0 Å². The van der Waals surface area contributed by atoms with Crippen LogP contribution in [-0.4, -0.2) is 67.2 Å². The van der Waals surface area contributed by atoms with E-state index in [4.69, 9.17) is 26.1 Å². The molecule has 0 aliphatic carbocycles. The number of nitro benzene ring substituents is 1. The summed E-state index contributed by atoms with van der Waals surface area (Å²) in [6.07, 6.45) is 0.699. The molecule has 1 aliphatic heterocycles. The van der Waals surface area contributed by atoms with E-state index in [1.54, 1.807) is 12.0 Å². The third kappa shape index (κ3) is 6.02. The second-order valence-corrected chi connectivity index (χ2v) is 9.33. The molecule has 0 bridgehead atoms. The zero-order chi connectivity index (χ0) is 24.2. The van der Waals surface area contributed by atoms with Gasteiger partial charge in [0.1, 0.15) is 11.3 Å². The summed E-state index contributed by atoms with van der Waals surface area (Å²) in [7, 11) is 1.58. The van der Waals surface area contributed by atoms with E-state index < -0.39 is 10.8 Å². The number of halogens is 2. The number of non-ortho nitro benzene ring substituents is 1. The van der Waals surface area contributed by atoms with Gasteiger partial charge in [0.2, 0.25) is 0 Å². The molecular formula is C23H26Cl2N4O5S. The smallest absolute Gasteiger partial charge is 0.270 e. The molecule has 0 atom stereocenters. The lowest BCUT2D eigenvalue weighted by atomic mass is 10.1. The zero-order valence-corrected chi connectivity index (χ0v) is 21.7. The molecule has 188 valence electrons. The maximum atomic E-state index is 13.7. The molecule has 35 heavy (non-hydrogen) atoms. The van der Waals surface area contributed by atoms with Crippen molar-refractivity contribution in [2.24, 2.45) is 0 Å². The Bertz CT molecular complexity index is 1220. The first kappa shape index (κ1) is 27.1. The Kier molecular flexibility index (Phi) is 9.26. The lowest BCUT2D eigenvalue weighted by Gasteiger charge is -2.27. The van der Waals surface area contributed by atoms with Crippen LogP contribution in [0.25, 0.3) is 10.2 Å². The minimum Gasteiger partial charge on any atom is -0.494 e. The van der Waals surface area contributed by atoms with Crippen LogP contribution < -0.4 is 9.64 Å². The van der Waals surface area contributed by atoms with E-state index in [-0.39, 0.29) is 28.7 Å². The third-order valence-electron chi connectivity index (χ3n) is 5.74. The van der Waals surface area contributed by atoms with Gasteiger partial charge in [-0.05, 0) is 31.0 Å². The van der Waals surface area contributed by atoms with Crippen LogP contribution in [0.2, 0.25) is 5.02 Å². The number of hydrogen-bond donors (Lipinski definition) is 0. The summed E-state index contributed by atoms with van der Waals surface area (Å²) >= 11 is 7.70. The minimum atomic E-state index is -0.540. The average Bonchev–Trinajstić information content (AvgIpc) is 3.28. The predicted molar refractivity (Wildman–Crippen MR) is 140 cm³/mol. The highest BCUT2D eigenvalue weighted by Crippen LogP contribution is 2.37. The first-order valence-corrected chi connectivity index (χ1v) is 12.1. The van der Waals surface area contributed by atoms with E-state index in [0.29, 0.717) is 42.6 Å². The molecule has 3 aromatic rings. The molecule has 2 aromatic carbocycles. The molecular weight excluding hydrogens is 515 g/mol. The van der Waals surface area contributed by atoms with Crippen molar-refractivity contribution in [1.29, 1.82) is 0 Å². The van der Waals surface area contributed by atoms with Crippen molar-refractivity contribution >= 4 is 62.3 Å². The lowest BCUT2D eigenvalue weighted by Crippen LogP contribution is -2.39. The van der Waals surface area contributed by atoms with Crippen LogP contribution in [0.15, 0.2) is 30.3 Å². The molecule has 0 N–H and O–H groups in total. The highest BCUT2D eigenvalue weighted by atomic mass is 35.5. The normalized spacial score (nSPS) is 13.9. The molecule has 12 heteroatoms. The van der Waals surface area contributed by atoms with Crippen LogP contribution in [0, 0.1) is 17.0 Å². The second kappa shape index (κ2) is 12.0. The van der Waals surface area contributed by atoms with Gasteiger partial charge in [-0.2, -0.15) is 0 Å². The fourth-order valence-electron chi connectivity index (χ4n) is 3.88. The Hall–Kier alpha value is -2.50. The fraction of sp³-hybridized carbons (Fsp3) is 0.391. The summed E-state index contributed by atoms with van der Waals surface area (Å²) < 4.78 is 11.8. The van der Waals surface area contributed by atoms with Crippen molar-refractivity contribution in [3.8, 4) is 5.75 Å². The van der Waals surface area contributed by atoms with Crippen molar-refractivity contribution in [3.05, 3.63) is 56.6 Å². The number of nitrogens with zero attached hydrogens (tertiary/aromatic N) is 4. The van der Waals surface area contributed by atoms with Gasteiger partial charge in [0.15, 0.2) is 5.13 Å². The van der Waals surface area contributed by atoms with Crippen LogP contribution in [0.5, 0.6) is 5.75 Å². The number of anilines is 1. The van der Waals surface area contributed by atoms with E-state index >= 15 is 0 Å². The number of fused-ring (bicyclic) bond motifs is 1. The number of aryl methyl sites for hydroxylation is 1. The number of ether oxygens (including phenoxy) is 2. The van der Waals surface area contributed by atoms with Gasteiger partial charge in [-0.15, -0.1) is 12.4 Å². The highest BCUT2D eigenvalue weighted by Gasteiger charge is 2.26. The number of thiazole rings is 1. The van der Waals surface area contributed by atoms with Gasteiger partial charge >= 0.3 is 0 Å². The molecule has 0 spiro atoms. The molecule has 4 rings (SSSR count). The molecule has 1 fully saturated rings. The van der Waals surface area contributed by atoms with Crippen molar-refractivity contribution in [1.82, 2.24) is 9.88 Å². The molecule has 0 unspecified atom stereocenters. The molecule has 1 saturated heterocycles. The SMILES string of the molecule is COc1ccc(C)c2sc(N(CCCN3CCOCC3)C(=O)c3cc([N+](=O)[O-])ccc3Cl)nc12.Cl. The van der Waals surface area contributed by atoms with E-state index in [1.165, 1.54) is 29.5 Å². The molecule has 2 heterocycles. The van der Waals surface area contributed by atoms with Gasteiger partial charge in [-0.25, -0.2) is 4.98 Å². The molecule has 1 aromatic heterocycles. The van der Waals surface area contributed by atoms with E-state index in [9.17, 15) is 14.9 Å². The zero-order valence-electron chi connectivity index (χ0n) is 19.4.